The normalized spacial score (nSPS) is 22.4. The number of amides is 1. The summed E-state index contributed by atoms with van der Waals surface area (Å²) in [6.07, 6.45) is -0.114. The summed E-state index contributed by atoms with van der Waals surface area (Å²) < 4.78 is 4.47. The molecular weight excluding hydrogens is 234 g/mol. The average Bonchev–Trinajstić information content (AvgIpc) is 2.79. The van der Waals surface area contributed by atoms with Gasteiger partial charge >= 0.3 is 11.9 Å². The van der Waals surface area contributed by atoms with Crippen molar-refractivity contribution in [2.24, 2.45) is 0 Å². The maximum absolute atomic E-state index is 12.2. The monoisotopic (exact) mass is 243 g/mol. The summed E-state index contributed by atoms with van der Waals surface area (Å²) >= 11 is 0. The predicted octanol–water partition coefficient (Wildman–Crippen LogP) is 0.955. The molecule has 1 aromatic carbocycles. The van der Waals surface area contributed by atoms with Crippen LogP contribution in [0.4, 0.5) is 0 Å². The zero-order chi connectivity index (χ0) is 12.9. The first-order valence-corrected chi connectivity index (χ1v) is 5.46. The molecule has 2 heterocycles. The fraction of sp³-hybridized carbons (Fsp3) is 0.154. The van der Waals surface area contributed by atoms with Gasteiger partial charge in [-0.25, -0.2) is 4.79 Å². The van der Waals surface area contributed by atoms with Gasteiger partial charge in [0, 0.05) is 16.8 Å². The molecule has 0 aliphatic carbocycles. The second-order valence-corrected chi connectivity index (χ2v) is 4.18. The number of cyclic esters (lactones) is 2. The van der Waals surface area contributed by atoms with Crippen LogP contribution in [0.1, 0.15) is 22.3 Å². The van der Waals surface area contributed by atoms with E-state index in [4.69, 9.17) is 0 Å². The molecule has 1 saturated heterocycles. The SMILES string of the molecule is C=C1c2ccccc2C(=O)N1C1CC(=O)OC1=O. The first-order chi connectivity index (χ1) is 8.59. The fourth-order valence-corrected chi connectivity index (χ4v) is 2.29. The van der Waals surface area contributed by atoms with E-state index in [0.717, 1.165) is 0 Å². The largest absolute Gasteiger partial charge is 0.392 e. The van der Waals surface area contributed by atoms with E-state index in [9.17, 15) is 14.4 Å². The number of carbonyl (C=O) groups is 3. The Kier molecular flexibility index (Phi) is 2.10. The molecule has 0 spiro atoms. The first-order valence-electron chi connectivity index (χ1n) is 5.46. The van der Waals surface area contributed by atoms with Crippen LogP contribution in [0.15, 0.2) is 30.8 Å². The number of benzene rings is 1. The Hall–Kier alpha value is -2.43. The molecule has 1 unspecified atom stereocenters. The minimum atomic E-state index is -0.884. The van der Waals surface area contributed by atoms with E-state index in [2.05, 4.69) is 11.3 Å². The summed E-state index contributed by atoms with van der Waals surface area (Å²) in [6, 6.07) is 6.08. The Morgan fingerprint density at radius 3 is 2.39 bits per heavy atom. The number of ether oxygens (including phenoxy) is 1. The third kappa shape index (κ3) is 1.30. The van der Waals surface area contributed by atoms with Gasteiger partial charge in [0.15, 0.2) is 0 Å². The smallest absolute Gasteiger partial charge is 0.337 e. The van der Waals surface area contributed by atoms with Gasteiger partial charge in [0.05, 0.1) is 6.42 Å². The van der Waals surface area contributed by atoms with Crippen molar-refractivity contribution in [1.82, 2.24) is 4.90 Å². The highest BCUT2D eigenvalue weighted by molar-refractivity contribution is 6.12. The van der Waals surface area contributed by atoms with Crippen LogP contribution >= 0.6 is 0 Å². The topological polar surface area (TPSA) is 63.7 Å². The molecule has 0 aromatic heterocycles. The summed E-state index contributed by atoms with van der Waals surface area (Å²) in [4.78, 5) is 36.1. The van der Waals surface area contributed by atoms with Gasteiger partial charge in [-0.1, -0.05) is 24.8 Å². The summed E-state index contributed by atoms with van der Waals surface area (Å²) in [5.74, 6) is -1.61. The Morgan fingerprint density at radius 1 is 1.17 bits per heavy atom. The lowest BCUT2D eigenvalue weighted by atomic mass is 10.1. The van der Waals surface area contributed by atoms with Crippen LogP contribution in [0.2, 0.25) is 0 Å². The summed E-state index contributed by atoms with van der Waals surface area (Å²) in [7, 11) is 0. The molecule has 5 heteroatoms. The number of esters is 2. The molecule has 1 fully saturated rings. The van der Waals surface area contributed by atoms with Crippen molar-refractivity contribution in [3.8, 4) is 0 Å². The molecule has 3 rings (SSSR count). The van der Waals surface area contributed by atoms with E-state index in [1.165, 1.54) is 4.90 Å². The lowest BCUT2D eigenvalue weighted by Crippen LogP contribution is -2.37. The van der Waals surface area contributed by atoms with E-state index in [0.29, 0.717) is 16.8 Å². The second-order valence-electron chi connectivity index (χ2n) is 4.18. The third-order valence-corrected chi connectivity index (χ3v) is 3.14. The van der Waals surface area contributed by atoms with E-state index >= 15 is 0 Å². The summed E-state index contributed by atoms with van der Waals surface area (Å²) in [5.41, 5.74) is 1.62. The molecular formula is C13H9NO4. The van der Waals surface area contributed by atoms with E-state index in [1.807, 2.05) is 0 Å². The highest BCUT2D eigenvalue weighted by Crippen LogP contribution is 2.35. The molecule has 0 radical (unpaired) electrons. The third-order valence-electron chi connectivity index (χ3n) is 3.14. The maximum atomic E-state index is 12.2. The van der Waals surface area contributed by atoms with Gasteiger partial charge in [0.1, 0.15) is 6.04 Å². The minimum Gasteiger partial charge on any atom is -0.392 e. The maximum Gasteiger partial charge on any atom is 0.337 e. The Morgan fingerprint density at radius 2 is 1.83 bits per heavy atom. The van der Waals surface area contributed by atoms with Gasteiger partial charge in [-0.2, -0.15) is 0 Å². The van der Waals surface area contributed by atoms with Crippen LogP contribution in [0, 0.1) is 0 Å². The Bertz CT molecular complexity index is 570. The van der Waals surface area contributed by atoms with Gasteiger partial charge in [0.2, 0.25) is 0 Å². The zero-order valence-corrected chi connectivity index (χ0v) is 9.38. The lowest BCUT2D eigenvalue weighted by molar-refractivity contribution is -0.153. The molecule has 0 bridgehead atoms. The number of hydrogen-bond acceptors (Lipinski definition) is 4. The number of nitrogens with zero attached hydrogens (tertiary/aromatic N) is 1. The van der Waals surface area contributed by atoms with Crippen LogP contribution in [-0.4, -0.2) is 28.8 Å². The molecule has 0 N–H and O–H groups in total. The highest BCUT2D eigenvalue weighted by Gasteiger charge is 2.45. The van der Waals surface area contributed by atoms with Gasteiger partial charge in [-0.3, -0.25) is 14.5 Å². The summed E-state index contributed by atoms with van der Waals surface area (Å²) in [6.45, 7) is 3.82. The second kappa shape index (κ2) is 3.53. The predicted molar refractivity (Wildman–Crippen MR) is 61.1 cm³/mol. The van der Waals surface area contributed by atoms with Crippen molar-refractivity contribution in [3.63, 3.8) is 0 Å². The van der Waals surface area contributed by atoms with Crippen molar-refractivity contribution in [2.45, 2.75) is 12.5 Å². The van der Waals surface area contributed by atoms with Crippen LogP contribution in [0.25, 0.3) is 5.70 Å². The Labute approximate surface area is 103 Å². The fourth-order valence-electron chi connectivity index (χ4n) is 2.29. The van der Waals surface area contributed by atoms with E-state index < -0.39 is 18.0 Å². The minimum absolute atomic E-state index is 0.114. The van der Waals surface area contributed by atoms with Crippen LogP contribution in [-0.2, 0) is 14.3 Å². The molecule has 1 atom stereocenters. The number of fused-ring (bicyclic) bond motifs is 1. The highest BCUT2D eigenvalue weighted by atomic mass is 16.6. The summed E-state index contributed by atoms with van der Waals surface area (Å²) in [5, 5.41) is 0. The van der Waals surface area contributed by atoms with Crippen molar-refractivity contribution >= 4 is 23.5 Å². The number of carbonyl (C=O) groups excluding carboxylic acids is 3. The van der Waals surface area contributed by atoms with Gasteiger partial charge in [-0.05, 0) is 6.07 Å². The van der Waals surface area contributed by atoms with Crippen molar-refractivity contribution < 1.29 is 19.1 Å². The molecule has 2 aliphatic heterocycles. The molecule has 2 aliphatic rings. The van der Waals surface area contributed by atoms with Crippen molar-refractivity contribution in [2.75, 3.05) is 0 Å². The quantitative estimate of drug-likeness (QED) is 0.544. The van der Waals surface area contributed by atoms with Crippen LogP contribution in [0.5, 0.6) is 0 Å². The molecule has 90 valence electrons. The van der Waals surface area contributed by atoms with Crippen molar-refractivity contribution in [1.29, 1.82) is 0 Å². The van der Waals surface area contributed by atoms with Gasteiger partial charge in [-0.15, -0.1) is 0 Å². The molecule has 5 nitrogen and oxygen atoms in total. The lowest BCUT2D eigenvalue weighted by Gasteiger charge is -2.20. The molecule has 0 saturated carbocycles. The average molecular weight is 243 g/mol. The number of rotatable bonds is 1. The van der Waals surface area contributed by atoms with Crippen LogP contribution < -0.4 is 0 Å². The van der Waals surface area contributed by atoms with E-state index in [-0.39, 0.29) is 12.3 Å². The Balaban J connectivity index is 2.02. The van der Waals surface area contributed by atoms with Gasteiger partial charge < -0.3 is 4.74 Å². The van der Waals surface area contributed by atoms with E-state index in [1.54, 1.807) is 24.3 Å². The molecule has 1 amide bonds. The zero-order valence-electron chi connectivity index (χ0n) is 9.38. The number of hydrogen-bond donors (Lipinski definition) is 0. The van der Waals surface area contributed by atoms with Crippen LogP contribution in [0.3, 0.4) is 0 Å². The van der Waals surface area contributed by atoms with Crippen molar-refractivity contribution in [3.05, 3.63) is 42.0 Å². The first kappa shape index (κ1) is 10.7. The molecule has 1 aromatic rings. The molecule has 18 heavy (non-hydrogen) atoms. The standard InChI is InChI=1S/C13H9NO4/c1-7-8-4-2-3-5-9(8)12(16)14(7)10-6-11(15)18-13(10)17/h2-5,10H,1,6H2. The van der Waals surface area contributed by atoms with Gasteiger partial charge in [0.25, 0.3) is 5.91 Å².